The molecule has 2 rings (SSSR count). The molecular formula is C11H17N5O. The number of hydrogen-bond donors (Lipinski definition) is 1. The molecule has 0 saturated carbocycles. The van der Waals surface area contributed by atoms with Crippen molar-refractivity contribution >= 4 is 16.9 Å². The van der Waals surface area contributed by atoms with Gasteiger partial charge >= 0.3 is 0 Å². The highest BCUT2D eigenvalue weighted by Gasteiger charge is 2.10. The van der Waals surface area contributed by atoms with Gasteiger partial charge in [-0.15, -0.1) is 0 Å². The van der Waals surface area contributed by atoms with Gasteiger partial charge in [-0.25, -0.2) is 9.97 Å². The van der Waals surface area contributed by atoms with E-state index in [1.54, 1.807) is 10.9 Å². The van der Waals surface area contributed by atoms with E-state index in [2.05, 4.69) is 22.0 Å². The number of nitrogens with two attached hydrogens (primary N) is 1. The van der Waals surface area contributed by atoms with Crippen molar-refractivity contribution < 1.29 is 4.74 Å². The van der Waals surface area contributed by atoms with Crippen molar-refractivity contribution in [3.8, 4) is 0 Å². The third-order valence-electron chi connectivity index (χ3n) is 2.74. The fourth-order valence-corrected chi connectivity index (χ4v) is 1.49. The number of nitrogens with zero attached hydrogens (tertiary/aromatic N) is 4. The maximum Gasteiger partial charge on any atom is 0.163 e. The Morgan fingerprint density at radius 1 is 1.47 bits per heavy atom. The quantitative estimate of drug-likeness (QED) is 0.863. The molecule has 2 heterocycles. The molecule has 1 unspecified atom stereocenters. The summed E-state index contributed by atoms with van der Waals surface area (Å²) in [6.07, 6.45) is 2.83. The van der Waals surface area contributed by atoms with Crippen LogP contribution in [0.15, 0.2) is 6.20 Å². The van der Waals surface area contributed by atoms with E-state index in [1.807, 2.05) is 14.0 Å². The van der Waals surface area contributed by atoms with E-state index in [0.29, 0.717) is 18.2 Å². The number of nitrogen functional groups attached to an aromatic ring is 1. The van der Waals surface area contributed by atoms with Crippen LogP contribution in [-0.4, -0.2) is 25.9 Å². The van der Waals surface area contributed by atoms with Crippen molar-refractivity contribution in [1.29, 1.82) is 0 Å². The summed E-state index contributed by atoms with van der Waals surface area (Å²) >= 11 is 0. The van der Waals surface area contributed by atoms with E-state index in [0.717, 1.165) is 17.5 Å². The molecule has 0 radical (unpaired) electrons. The Kier molecular flexibility index (Phi) is 3.23. The highest BCUT2D eigenvalue weighted by molar-refractivity contribution is 5.84. The summed E-state index contributed by atoms with van der Waals surface area (Å²) in [5, 5.41) is 4.88. The molecule has 0 aliphatic rings. The first kappa shape index (κ1) is 11.8. The molecule has 0 fully saturated rings. The highest BCUT2D eigenvalue weighted by Crippen LogP contribution is 2.16. The Morgan fingerprint density at radius 3 is 2.94 bits per heavy atom. The van der Waals surface area contributed by atoms with Gasteiger partial charge in [-0.05, 0) is 13.3 Å². The molecule has 1 atom stereocenters. The summed E-state index contributed by atoms with van der Waals surface area (Å²) in [6, 6.07) is 0. The van der Waals surface area contributed by atoms with Gasteiger partial charge < -0.3 is 10.5 Å². The molecule has 0 aliphatic carbocycles. The van der Waals surface area contributed by atoms with Crippen molar-refractivity contribution in [2.24, 2.45) is 7.05 Å². The van der Waals surface area contributed by atoms with Gasteiger partial charge in [-0.3, -0.25) is 4.68 Å². The van der Waals surface area contributed by atoms with Crippen LogP contribution in [0.2, 0.25) is 0 Å². The molecule has 17 heavy (non-hydrogen) atoms. The summed E-state index contributed by atoms with van der Waals surface area (Å²) in [7, 11) is 1.83. The minimum atomic E-state index is 0.196. The lowest BCUT2D eigenvalue weighted by atomic mass is 10.3. The number of aryl methyl sites for hydroxylation is 1. The molecule has 0 amide bonds. The number of anilines is 1. The number of aromatic nitrogens is 4. The lowest BCUT2D eigenvalue weighted by Crippen LogP contribution is -2.10. The van der Waals surface area contributed by atoms with E-state index < -0.39 is 0 Å². The second kappa shape index (κ2) is 4.67. The monoisotopic (exact) mass is 235 g/mol. The molecule has 2 N–H and O–H groups in total. The second-order valence-electron chi connectivity index (χ2n) is 4.06. The zero-order valence-electron chi connectivity index (χ0n) is 10.3. The van der Waals surface area contributed by atoms with Crippen LogP contribution >= 0.6 is 0 Å². The van der Waals surface area contributed by atoms with Gasteiger partial charge in [0.2, 0.25) is 0 Å². The van der Waals surface area contributed by atoms with Gasteiger partial charge in [0.15, 0.2) is 11.5 Å². The Labute approximate surface area is 99.8 Å². The van der Waals surface area contributed by atoms with Crippen molar-refractivity contribution in [1.82, 2.24) is 19.7 Å². The van der Waals surface area contributed by atoms with Gasteiger partial charge in [0.25, 0.3) is 0 Å². The summed E-state index contributed by atoms with van der Waals surface area (Å²) in [4.78, 5) is 8.60. The Morgan fingerprint density at radius 2 is 2.24 bits per heavy atom. The van der Waals surface area contributed by atoms with Crippen molar-refractivity contribution in [3.63, 3.8) is 0 Å². The Balaban J connectivity index is 2.26. The van der Waals surface area contributed by atoms with Crippen LogP contribution in [0.1, 0.15) is 26.1 Å². The van der Waals surface area contributed by atoms with Crippen molar-refractivity contribution in [2.45, 2.75) is 33.0 Å². The number of fused-ring (bicyclic) bond motifs is 1. The molecule has 0 aliphatic heterocycles. The van der Waals surface area contributed by atoms with Gasteiger partial charge in [0, 0.05) is 7.05 Å². The largest absolute Gasteiger partial charge is 0.383 e. The van der Waals surface area contributed by atoms with Crippen molar-refractivity contribution in [2.75, 3.05) is 5.73 Å². The molecular weight excluding hydrogens is 218 g/mol. The van der Waals surface area contributed by atoms with Crippen LogP contribution in [0.5, 0.6) is 0 Å². The van der Waals surface area contributed by atoms with Crippen LogP contribution in [0.25, 0.3) is 11.0 Å². The average Bonchev–Trinajstić information content (AvgIpc) is 2.69. The fourth-order valence-electron chi connectivity index (χ4n) is 1.49. The zero-order valence-corrected chi connectivity index (χ0v) is 10.3. The second-order valence-corrected chi connectivity index (χ2v) is 4.06. The minimum Gasteiger partial charge on any atom is -0.383 e. The summed E-state index contributed by atoms with van der Waals surface area (Å²) in [5.41, 5.74) is 6.59. The Hall–Kier alpha value is -1.69. The molecule has 92 valence electrons. The standard InChI is InChI=1S/C11H17N5O/c1-4-7(2)17-6-9-14-10(12)8-5-13-16(3)11(8)15-9/h5,7H,4,6H2,1-3H3,(H2,12,14,15). The van der Waals surface area contributed by atoms with Gasteiger partial charge in [0.1, 0.15) is 12.4 Å². The third-order valence-corrected chi connectivity index (χ3v) is 2.74. The number of ether oxygens (including phenoxy) is 1. The SMILES string of the molecule is CCC(C)OCc1nc(N)c2cnn(C)c2n1. The van der Waals surface area contributed by atoms with E-state index in [4.69, 9.17) is 10.5 Å². The predicted molar refractivity (Wildman–Crippen MR) is 65.3 cm³/mol. The highest BCUT2D eigenvalue weighted by atomic mass is 16.5. The number of rotatable bonds is 4. The molecule has 2 aromatic heterocycles. The summed E-state index contributed by atoms with van der Waals surface area (Å²) in [5.74, 6) is 1.05. The first-order chi connectivity index (χ1) is 8.11. The van der Waals surface area contributed by atoms with E-state index in [1.165, 1.54) is 0 Å². The topological polar surface area (TPSA) is 78.9 Å². The first-order valence-corrected chi connectivity index (χ1v) is 5.67. The van der Waals surface area contributed by atoms with Gasteiger partial charge in [-0.1, -0.05) is 6.92 Å². The molecule has 2 aromatic rings. The first-order valence-electron chi connectivity index (χ1n) is 5.67. The van der Waals surface area contributed by atoms with E-state index in [-0.39, 0.29) is 6.10 Å². The van der Waals surface area contributed by atoms with Crippen LogP contribution < -0.4 is 5.73 Å². The van der Waals surface area contributed by atoms with Crippen LogP contribution in [0, 0.1) is 0 Å². The molecule has 6 nitrogen and oxygen atoms in total. The molecule has 0 aromatic carbocycles. The Bertz CT molecular complexity index is 522. The molecule has 0 bridgehead atoms. The third kappa shape index (κ3) is 2.36. The smallest absolute Gasteiger partial charge is 0.163 e. The zero-order chi connectivity index (χ0) is 12.4. The lowest BCUT2D eigenvalue weighted by Gasteiger charge is -2.09. The normalized spacial score (nSPS) is 13.1. The maximum absolute atomic E-state index is 5.85. The predicted octanol–water partition coefficient (Wildman–Crippen LogP) is 1.26. The van der Waals surface area contributed by atoms with Crippen LogP contribution in [-0.2, 0) is 18.4 Å². The molecule has 0 saturated heterocycles. The van der Waals surface area contributed by atoms with Gasteiger partial charge in [0.05, 0.1) is 17.7 Å². The summed E-state index contributed by atoms with van der Waals surface area (Å²) < 4.78 is 7.27. The summed E-state index contributed by atoms with van der Waals surface area (Å²) in [6.45, 7) is 4.47. The fraction of sp³-hybridized carbons (Fsp3) is 0.545. The van der Waals surface area contributed by atoms with E-state index in [9.17, 15) is 0 Å². The maximum atomic E-state index is 5.85. The van der Waals surface area contributed by atoms with Crippen molar-refractivity contribution in [3.05, 3.63) is 12.0 Å². The number of hydrogen-bond acceptors (Lipinski definition) is 5. The molecule has 6 heteroatoms. The minimum absolute atomic E-state index is 0.196. The van der Waals surface area contributed by atoms with Crippen LogP contribution in [0.3, 0.4) is 0 Å². The lowest BCUT2D eigenvalue weighted by molar-refractivity contribution is 0.0469. The van der Waals surface area contributed by atoms with Gasteiger partial charge in [-0.2, -0.15) is 5.10 Å². The average molecular weight is 235 g/mol. The van der Waals surface area contributed by atoms with Crippen LogP contribution in [0.4, 0.5) is 5.82 Å². The molecule has 0 spiro atoms. The van der Waals surface area contributed by atoms with E-state index >= 15 is 0 Å².